The van der Waals surface area contributed by atoms with E-state index in [2.05, 4.69) is 10.2 Å². The average Bonchev–Trinajstić information content (AvgIpc) is 3.05. The van der Waals surface area contributed by atoms with Crippen LogP contribution in [0.2, 0.25) is 0 Å². The third-order valence-electron chi connectivity index (χ3n) is 4.15. The second-order valence-electron chi connectivity index (χ2n) is 6.22. The molecule has 0 aromatic heterocycles. The number of thiocarbonyl (C=S) groups is 1. The Morgan fingerprint density at radius 1 is 1.22 bits per heavy atom. The second kappa shape index (κ2) is 10.8. The molecule has 1 N–H and O–H groups in total. The van der Waals surface area contributed by atoms with Gasteiger partial charge in [0.1, 0.15) is 0 Å². The fourth-order valence-electron chi connectivity index (χ4n) is 2.62. The average molecular weight is 584 g/mol. The van der Waals surface area contributed by atoms with E-state index < -0.39 is 17.8 Å². The van der Waals surface area contributed by atoms with E-state index in [0.29, 0.717) is 31.1 Å². The van der Waals surface area contributed by atoms with Gasteiger partial charge in [-0.25, -0.2) is 4.79 Å². The van der Waals surface area contributed by atoms with Crippen LogP contribution >= 0.6 is 46.6 Å². The summed E-state index contributed by atoms with van der Waals surface area (Å²) < 4.78 is 16.3. The lowest BCUT2D eigenvalue weighted by atomic mass is 10.2. The molecule has 8 nitrogen and oxygen atoms in total. The fourth-order valence-corrected chi connectivity index (χ4v) is 4.58. The topological polar surface area (TPSA) is 94.2 Å². The quantitative estimate of drug-likeness (QED) is 0.229. The Balaban J connectivity index is 1.80. The lowest BCUT2D eigenvalue weighted by Gasteiger charge is -2.15. The molecule has 2 amide bonds. The summed E-state index contributed by atoms with van der Waals surface area (Å²) in [6.07, 6.45) is 1.64. The van der Waals surface area contributed by atoms with Crippen LogP contribution < -0.4 is 14.9 Å². The molecule has 0 atom stereocenters. The van der Waals surface area contributed by atoms with E-state index in [1.807, 2.05) is 22.6 Å². The molecule has 1 heterocycles. The summed E-state index contributed by atoms with van der Waals surface area (Å²) in [5.74, 6) is -0.623. The van der Waals surface area contributed by atoms with Crippen LogP contribution in [0.15, 0.2) is 47.4 Å². The number of methoxy groups -OCH3 is 2. The van der Waals surface area contributed by atoms with Crippen LogP contribution in [0.1, 0.15) is 15.9 Å². The molecular formula is C21H17IN2O6S2. The van der Waals surface area contributed by atoms with E-state index in [9.17, 15) is 14.4 Å². The molecule has 0 radical (unpaired) electrons. The van der Waals surface area contributed by atoms with Gasteiger partial charge in [-0.1, -0.05) is 30.0 Å². The first-order valence-corrected chi connectivity index (χ1v) is 11.4. The number of benzene rings is 2. The molecule has 166 valence electrons. The Hall–Kier alpha value is -2.64. The van der Waals surface area contributed by atoms with Crippen molar-refractivity contribution in [2.75, 3.05) is 20.8 Å². The minimum Gasteiger partial charge on any atom is -0.493 e. The maximum Gasteiger partial charge on any atom is 0.343 e. The van der Waals surface area contributed by atoms with Gasteiger partial charge in [0.2, 0.25) is 0 Å². The molecule has 2 aromatic carbocycles. The first-order chi connectivity index (χ1) is 15.3. The highest BCUT2D eigenvalue weighted by Gasteiger charge is 2.34. The summed E-state index contributed by atoms with van der Waals surface area (Å²) in [5, 5.41) is 1.05. The third-order valence-corrected chi connectivity index (χ3v) is 6.26. The molecule has 0 bridgehead atoms. The highest BCUT2D eigenvalue weighted by Crippen LogP contribution is 2.37. The van der Waals surface area contributed by atoms with Crippen molar-refractivity contribution in [1.29, 1.82) is 0 Å². The zero-order chi connectivity index (χ0) is 23.3. The maximum absolute atomic E-state index is 12.8. The van der Waals surface area contributed by atoms with Gasteiger partial charge in [0, 0.05) is 5.56 Å². The third kappa shape index (κ3) is 5.58. The van der Waals surface area contributed by atoms with Crippen molar-refractivity contribution in [2.24, 2.45) is 0 Å². The summed E-state index contributed by atoms with van der Waals surface area (Å²) >= 11 is 8.39. The van der Waals surface area contributed by atoms with E-state index in [-0.39, 0.29) is 10.9 Å². The Morgan fingerprint density at radius 3 is 2.59 bits per heavy atom. The van der Waals surface area contributed by atoms with Crippen LogP contribution in [0.4, 0.5) is 0 Å². The second-order valence-corrected chi connectivity index (χ2v) is 9.06. The van der Waals surface area contributed by atoms with Gasteiger partial charge >= 0.3 is 5.97 Å². The molecule has 0 saturated carbocycles. The number of carbonyl (C=O) groups excluding carboxylic acids is 3. The number of hydrogen-bond acceptors (Lipinski definition) is 8. The molecule has 0 spiro atoms. The first-order valence-electron chi connectivity index (χ1n) is 9.05. The Morgan fingerprint density at radius 2 is 1.94 bits per heavy atom. The van der Waals surface area contributed by atoms with E-state index >= 15 is 0 Å². The molecule has 0 unspecified atom stereocenters. The molecule has 3 rings (SSSR count). The molecular weight excluding hydrogens is 567 g/mol. The van der Waals surface area contributed by atoms with Gasteiger partial charge in [-0.15, -0.1) is 0 Å². The Kier molecular flexibility index (Phi) is 8.10. The number of carbonyl (C=O) groups is 3. The molecule has 1 fully saturated rings. The maximum atomic E-state index is 12.8. The summed E-state index contributed by atoms with van der Waals surface area (Å²) in [4.78, 5) is 36.9. The van der Waals surface area contributed by atoms with Gasteiger partial charge in [-0.2, -0.15) is 5.01 Å². The van der Waals surface area contributed by atoms with Gasteiger partial charge in [-0.3, -0.25) is 15.0 Å². The number of hydrogen-bond donors (Lipinski definition) is 1. The molecule has 1 aliphatic rings. The molecule has 2 aromatic rings. The van der Waals surface area contributed by atoms with Crippen LogP contribution in [0.3, 0.4) is 0 Å². The highest BCUT2D eigenvalue weighted by molar-refractivity contribution is 14.1. The van der Waals surface area contributed by atoms with E-state index in [4.69, 9.17) is 21.7 Å². The van der Waals surface area contributed by atoms with Crippen LogP contribution in [0.25, 0.3) is 6.08 Å². The molecule has 0 aliphatic carbocycles. The van der Waals surface area contributed by atoms with E-state index in [1.54, 1.807) is 48.5 Å². The number of ether oxygens (including phenoxy) is 3. The van der Waals surface area contributed by atoms with Crippen molar-refractivity contribution in [1.82, 2.24) is 10.4 Å². The normalized spacial score (nSPS) is 14.5. The Bertz CT molecular complexity index is 1110. The molecule has 1 saturated heterocycles. The Labute approximate surface area is 207 Å². The predicted molar refractivity (Wildman–Crippen MR) is 132 cm³/mol. The summed E-state index contributed by atoms with van der Waals surface area (Å²) in [6, 6.07) is 12.0. The zero-order valence-electron chi connectivity index (χ0n) is 16.9. The lowest BCUT2D eigenvalue weighted by molar-refractivity contribution is -0.143. The van der Waals surface area contributed by atoms with Gasteiger partial charge in [0.25, 0.3) is 11.8 Å². The smallest absolute Gasteiger partial charge is 0.343 e. The van der Waals surface area contributed by atoms with Gasteiger partial charge in [0.05, 0.1) is 22.7 Å². The molecule has 32 heavy (non-hydrogen) atoms. The van der Waals surface area contributed by atoms with E-state index in [1.165, 1.54) is 14.2 Å². The number of halogens is 1. The standard InChI is InChI=1S/C21H17IN2O6S2/c1-28-15-9-12(8-14(22)18(15)30-11-17(25)29-2)10-16-20(27)24(21(31)32-16)23-19(26)13-6-4-3-5-7-13/h3-10H,11H2,1-2H3,(H,23,26). The van der Waals surface area contributed by atoms with Crippen LogP contribution in [0.5, 0.6) is 11.5 Å². The van der Waals surface area contributed by atoms with E-state index in [0.717, 1.165) is 16.8 Å². The number of amides is 2. The minimum absolute atomic E-state index is 0.213. The van der Waals surface area contributed by atoms with Crippen LogP contribution in [-0.2, 0) is 14.3 Å². The number of nitrogens with zero attached hydrogens (tertiary/aromatic N) is 1. The lowest BCUT2D eigenvalue weighted by Crippen LogP contribution is -2.44. The number of esters is 1. The summed E-state index contributed by atoms with van der Waals surface area (Å²) in [5.41, 5.74) is 3.61. The van der Waals surface area contributed by atoms with Crippen molar-refractivity contribution in [2.45, 2.75) is 0 Å². The van der Waals surface area contributed by atoms with Gasteiger partial charge in [0.15, 0.2) is 22.4 Å². The number of hydrazine groups is 1. The summed E-state index contributed by atoms with van der Waals surface area (Å²) in [7, 11) is 2.74. The predicted octanol–water partition coefficient (Wildman–Crippen LogP) is 3.40. The summed E-state index contributed by atoms with van der Waals surface area (Å²) in [6.45, 7) is -0.262. The van der Waals surface area contributed by atoms with Gasteiger partial charge in [-0.05, 0) is 70.7 Å². The number of rotatable bonds is 7. The number of thioether (sulfide) groups is 1. The van der Waals surface area contributed by atoms with Crippen molar-refractivity contribution >= 4 is 74.8 Å². The van der Waals surface area contributed by atoms with Crippen molar-refractivity contribution in [3.63, 3.8) is 0 Å². The van der Waals surface area contributed by atoms with Crippen LogP contribution in [-0.4, -0.2) is 47.9 Å². The number of nitrogens with one attached hydrogen (secondary N) is 1. The first kappa shape index (κ1) is 24.0. The molecule has 1 aliphatic heterocycles. The van der Waals surface area contributed by atoms with Crippen molar-refractivity contribution in [3.8, 4) is 11.5 Å². The SMILES string of the molecule is COC(=O)COc1c(I)cc(C=C2SC(=S)N(NC(=O)c3ccccc3)C2=O)cc1OC. The highest BCUT2D eigenvalue weighted by atomic mass is 127. The largest absolute Gasteiger partial charge is 0.493 e. The monoisotopic (exact) mass is 584 g/mol. The zero-order valence-corrected chi connectivity index (χ0v) is 20.7. The van der Waals surface area contributed by atoms with Crippen LogP contribution in [0, 0.1) is 3.57 Å². The molecule has 11 heteroatoms. The fraction of sp³-hybridized carbons (Fsp3) is 0.143. The minimum atomic E-state index is -0.520. The van der Waals surface area contributed by atoms with Crippen molar-refractivity contribution in [3.05, 3.63) is 62.1 Å². The van der Waals surface area contributed by atoms with Crippen molar-refractivity contribution < 1.29 is 28.6 Å². The van der Waals surface area contributed by atoms with Gasteiger partial charge < -0.3 is 14.2 Å².